The summed E-state index contributed by atoms with van der Waals surface area (Å²) >= 11 is 0. The molecule has 1 atom stereocenters. The number of carbonyl (C=O) groups excluding carboxylic acids is 3. The molecule has 2 rings (SSSR count). The molecule has 0 aliphatic heterocycles. The molecule has 1 unspecified atom stereocenters. The Hall–Kier alpha value is -3.35. The molecule has 136 valence electrons. The first-order chi connectivity index (χ1) is 12.4. The molecule has 2 aromatic carbocycles. The van der Waals surface area contributed by atoms with E-state index < -0.39 is 18.0 Å². The minimum Gasteiger partial charge on any atom is -0.366 e. The number of hydrogen-bond acceptors (Lipinski definition) is 3. The Labute approximate surface area is 151 Å². The summed E-state index contributed by atoms with van der Waals surface area (Å²) in [5.74, 6) is -0.778. The first kappa shape index (κ1) is 19.0. The molecule has 2 aromatic rings. The average Bonchev–Trinajstić information content (AvgIpc) is 2.59. The lowest BCUT2D eigenvalue weighted by molar-refractivity contribution is -0.121. The van der Waals surface area contributed by atoms with Crippen molar-refractivity contribution in [2.45, 2.75) is 25.9 Å². The largest absolute Gasteiger partial charge is 0.366 e. The van der Waals surface area contributed by atoms with E-state index in [4.69, 9.17) is 11.5 Å². The smallest absolute Gasteiger partial charge is 0.312 e. The van der Waals surface area contributed by atoms with Crippen molar-refractivity contribution >= 4 is 17.8 Å². The van der Waals surface area contributed by atoms with Gasteiger partial charge in [0, 0.05) is 12.1 Å². The number of aryl methyl sites for hydroxylation is 1. The number of primary amides is 2. The van der Waals surface area contributed by atoms with Crippen LogP contribution in [0.15, 0.2) is 48.5 Å². The SMILES string of the molecule is Cc1ccccc1C(CC(=O)NCc1cccc(C(N)=O)c1)NC(N)=O. The van der Waals surface area contributed by atoms with Crippen LogP contribution in [0.4, 0.5) is 4.79 Å². The molecule has 0 aliphatic carbocycles. The van der Waals surface area contributed by atoms with E-state index >= 15 is 0 Å². The number of urea groups is 1. The Bertz CT molecular complexity index is 820. The van der Waals surface area contributed by atoms with E-state index in [1.165, 1.54) is 0 Å². The predicted molar refractivity (Wildman–Crippen MR) is 98.1 cm³/mol. The number of benzene rings is 2. The topological polar surface area (TPSA) is 127 Å². The van der Waals surface area contributed by atoms with Gasteiger partial charge in [-0.2, -0.15) is 0 Å². The molecular formula is C19H22N4O3. The maximum absolute atomic E-state index is 12.3. The minimum atomic E-state index is -0.694. The van der Waals surface area contributed by atoms with E-state index in [0.29, 0.717) is 5.56 Å². The van der Waals surface area contributed by atoms with Crippen molar-refractivity contribution in [1.29, 1.82) is 0 Å². The van der Waals surface area contributed by atoms with Crippen LogP contribution < -0.4 is 22.1 Å². The number of nitrogens with one attached hydrogen (secondary N) is 2. The quantitative estimate of drug-likeness (QED) is 0.602. The molecule has 0 saturated heterocycles. The van der Waals surface area contributed by atoms with Gasteiger partial charge in [-0.15, -0.1) is 0 Å². The van der Waals surface area contributed by atoms with Crippen molar-refractivity contribution in [3.8, 4) is 0 Å². The normalized spacial score (nSPS) is 11.4. The Kier molecular flexibility index (Phi) is 6.32. The molecule has 7 nitrogen and oxygen atoms in total. The lowest BCUT2D eigenvalue weighted by Crippen LogP contribution is -2.36. The van der Waals surface area contributed by atoms with E-state index in [2.05, 4.69) is 10.6 Å². The second-order valence-corrected chi connectivity index (χ2v) is 5.96. The van der Waals surface area contributed by atoms with Crippen LogP contribution in [-0.4, -0.2) is 17.8 Å². The van der Waals surface area contributed by atoms with E-state index in [-0.39, 0.29) is 18.9 Å². The summed E-state index contributed by atoms with van der Waals surface area (Å²) in [7, 11) is 0. The van der Waals surface area contributed by atoms with E-state index in [1.807, 2.05) is 31.2 Å². The summed E-state index contributed by atoms with van der Waals surface area (Å²) in [4.78, 5) is 34.8. The van der Waals surface area contributed by atoms with Gasteiger partial charge in [-0.1, -0.05) is 36.4 Å². The zero-order chi connectivity index (χ0) is 19.1. The number of rotatable bonds is 7. The third kappa shape index (κ3) is 5.34. The van der Waals surface area contributed by atoms with Crippen molar-refractivity contribution < 1.29 is 14.4 Å². The fourth-order valence-electron chi connectivity index (χ4n) is 2.68. The summed E-state index contributed by atoms with van der Waals surface area (Å²) in [5.41, 5.74) is 13.4. The fraction of sp³-hybridized carbons (Fsp3) is 0.211. The summed E-state index contributed by atoms with van der Waals surface area (Å²) in [5, 5.41) is 5.38. The number of hydrogen-bond donors (Lipinski definition) is 4. The molecular weight excluding hydrogens is 332 g/mol. The third-order valence-electron chi connectivity index (χ3n) is 3.97. The Morgan fingerprint density at radius 1 is 1.04 bits per heavy atom. The Morgan fingerprint density at radius 2 is 1.77 bits per heavy atom. The van der Waals surface area contributed by atoms with Crippen LogP contribution in [0, 0.1) is 6.92 Å². The molecule has 0 bridgehead atoms. The number of amides is 4. The molecule has 0 radical (unpaired) electrons. The molecule has 26 heavy (non-hydrogen) atoms. The molecule has 0 fully saturated rings. The molecule has 0 saturated carbocycles. The van der Waals surface area contributed by atoms with Gasteiger partial charge in [0.1, 0.15) is 0 Å². The van der Waals surface area contributed by atoms with Crippen LogP contribution in [0.2, 0.25) is 0 Å². The highest BCUT2D eigenvalue weighted by Gasteiger charge is 2.19. The summed E-state index contributed by atoms with van der Waals surface area (Å²) in [6.45, 7) is 2.15. The van der Waals surface area contributed by atoms with Crippen molar-refractivity contribution in [1.82, 2.24) is 10.6 Å². The lowest BCUT2D eigenvalue weighted by atomic mass is 9.98. The Morgan fingerprint density at radius 3 is 2.42 bits per heavy atom. The summed E-state index contributed by atoms with van der Waals surface area (Å²) < 4.78 is 0. The summed E-state index contributed by atoms with van der Waals surface area (Å²) in [6.07, 6.45) is 0.0449. The minimum absolute atomic E-state index is 0.0449. The van der Waals surface area contributed by atoms with Gasteiger partial charge in [-0.25, -0.2) is 4.79 Å². The molecule has 0 spiro atoms. The van der Waals surface area contributed by atoms with Crippen LogP contribution in [0.1, 0.15) is 39.5 Å². The zero-order valence-corrected chi connectivity index (χ0v) is 14.5. The van der Waals surface area contributed by atoms with Gasteiger partial charge in [-0.05, 0) is 35.7 Å². The number of nitrogens with two attached hydrogens (primary N) is 2. The van der Waals surface area contributed by atoms with Gasteiger partial charge >= 0.3 is 6.03 Å². The highest BCUT2D eigenvalue weighted by molar-refractivity contribution is 5.92. The Balaban J connectivity index is 2.03. The van der Waals surface area contributed by atoms with Gasteiger partial charge in [0.2, 0.25) is 11.8 Å². The molecule has 7 heteroatoms. The maximum atomic E-state index is 12.3. The standard InChI is InChI=1S/C19H22N4O3/c1-12-5-2-3-8-15(12)16(23-19(21)26)10-17(24)22-11-13-6-4-7-14(9-13)18(20)25/h2-9,16H,10-11H2,1H3,(H2,20,25)(H,22,24)(H3,21,23,26). The third-order valence-corrected chi connectivity index (χ3v) is 3.97. The predicted octanol–water partition coefficient (Wildman–Crippen LogP) is 1.51. The molecule has 0 aliphatic rings. The van der Waals surface area contributed by atoms with Crippen LogP contribution in [0.5, 0.6) is 0 Å². The van der Waals surface area contributed by atoms with Gasteiger partial charge in [0.15, 0.2) is 0 Å². The first-order valence-electron chi connectivity index (χ1n) is 8.13. The van der Waals surface area contributed by atoms with E-state index in [0.717, 1.165) is 16.7 Å². The van der Waals surface area contributed by atoms with Gasteiger partial charge in [0.25, 0.3) is 0 Å². The van der Waals surface area contributed by atoms with Gasteiger partial charge in [-0.3, -0.25) is 9.59 Å². The fourth-order valence-corrected chi connectivity index (χ4v) is 2.68. The van der Waals surface area contributed by atoms with Gasteiger partial charge in [0.05, 0.1) is 12.5 Å². The van der Waals surface area contributed by atoms with Crippen LogP contribution in [0.3, 0.4) is 0 Å². The van der Waals surface area contributed by atoms with E-state index in [9.17, 15) is 14.4 Å². The van der Waals surface area contributed by atoms with Crippen molar-refractivity contribution in [3.63, 3.8) is 0 Å². The van der Waals surface area contributed by atoms with Crippen molar-refractivity contribution in [2.75, 3.05) is 0 Å². The lowest BCUT2D eigenvalue weighted by Gasteiger charge is -2.19. The van der Waals surface area contributed by atoms with Crippen molar-refractivity contribution in [2.24, 2.45) is 11.5 Å². The van der Waals surface area contributed by atoms with Crippen LogP contribution in [0.25, 0.3) is 0 Å². The summed E-state index contributed by atoms with van der Waals surface area (Å²) in [6, 6.07) is 13.0. The molecule has 0 heterocycles. The molecule has 0 aromatic heterocycles. The first-order valence-corrected chi connectivity index (χ1v) is 8.13. The van der Waals surface area contributed by atoms with Gasteiger partial charge < -0.3 is 22.1 Å². The highest BCUT2D eigenvalue weighted by Crippen LogP contribution is 2.20. The highest BCUT2D eigenvalue weighted by atomic mass is 16.2. The maximum Gasteiger partial charge on any atom is 0.312 e. The van der Waals surface area contributed by atoms with Crippen LogP contribution in [-0.2, 0) is 11.3 Å². The second-order valence-electron chi connectivity index (χ2n) is 5.96. The average molecular weight is 354 g/mol. The van der Waals surface area contributed by atoms with Crippen molar-refractivity contribution in [3.05, 3.63) is 70.8 Å². The van der Waals surface area contributed by atoms with E-state index in [1.54, 1.807) is 24.3 Å². The molecule has 4 amide bonds. The monoisotopic (exact) mass is 354 g/mol. The second kappa shape index (κ2) is 8.66. The molecule has 6 N–H and O–H groups in total. The number of carbonyl (C=O) groups is 3. The van der Waals surface area contributed by atoms with Crippen LogP contribution >= 0.6 is 0 Å². The zero-order valence-electron chi connectivity index (χ0n) is 14.5.